The Bertz CT molecular complexity index is 324. The van der Waals surface area contributed by atoms with Gasteiger partial charge in [-0.15, -0.1) is 0 Å². The van der Waals surface area contributed by atoms with Crippen LogP contribution in [-0.4, -0.2) is 6.54 Å². The minimum absolute atomic E-state index is 0.251. The molecule has 0 saturated carbocycles. The maximum Gasteiger partial charge on any atom is 0.125 e. The Balaban J connectivity index is 2.29. The summed E-state index contributed by atoms with van der Waals surface area (Å²) < 4.78 is 12.9. The predicted molar refractivity (Wildman–Crippen MR) is 68.0 cm³/mol. The molecule has 0 atom stereocenters. The van der Waals surface area contributed by atoms with Gasteiger partial charge in [-0.3, -0.25) is 0 Å². The topological polar surface area (TPSA) is 38.0 Å². The predicted octanol–water partition coefficient (Wildman–Crippen LogP) is 3.65. The van der Waals surface area contributed by atoms with E-state index < -0.39 is 0 Å². The van der Waals surface area contributed by atoms with E-state index in [4.69, 9.17) is 5.73 Å². The summed E-state index contributed by atoms with van der Waals surface area (Å²) in [4.78, 5) is 0. The van der Waals surface area contributed by atoms with Crippen LogP contribution in [0.5, 0.6) is 0 Å². The Kier molecular flexibility index (Phi) is 5.09. The zero-order valence-corrected chi connectivity index (χ0v) is 10.1. The van der Waals surface area contributed by atoms with Crippen molar-refractivity contribution >= 4 is 11.4 Å². The Hall–Kier alpha value is -1.25. The normalized spacial score (nSPS) is 10.8. The van der Waals surface area contributed by atoms with Gasteiger partial charge < -0.3 is 11.1 Å². The van der Waals surface area contributed by atoms with Crippen molar-refractivity contribution in [3.8, 4) is 0 Å². The Morgan fingerprint density at radius 1 is 1.31 bits per heavy atom. The Morgan fingerprint density at radius 3 is 2.75 bits per heavy atom. The highest BCUT2D eigenvalue weighted by Crippen LogP contribution is 2.19. The molecule has 0 aliphatic heterocycles. The van der Waals surface area contributed by atoms with Gasteiger partial charge in [0.05, 0.1) is 11.4 Å². The molecule has 0 aliphatic carbocycles. The number of halogens is 1. The number of benzene rings is 1. The number of hydrogen-bond donors (Lipinski definition) is 2. The van der Waals surface area contributed by atoms with Crippen molar-refractivity contribution in [1.82, 2.24) is 0 Å². The first-order valence-corrected chi connectivity index (χ1v) is 5.88. The molecule has 0 unspecified atom stereocenters. The summed E-state index contributed by atoms with van der Waals surface area (Å²) in [6, 6.07) is 4.41. The van der Waals surface area contributed by atoms with E-state index >= 15 is 0 Å². The fraction of sp³-hybridized carbons (Fsp3) is 0.538. The molecule has 1 aromatic carbocycles. The molecule has 0 spiro atoms. The van der Waals surface area contributed by atoms with Crippen LogP contribution in [0.15, 0.2) is 18.2 Å². The highest BCUT2D eigenvalue weighted by Gasteiger charge is 2.00. The molecule has 16 heavy (non-hydrogen) atoms. The fourth-order valence-corrected chi connectivity index (χ4v) is 1.58. The molecule has 0 aliphatic rings. The summed E-state index contributed by atoms with van der Waals surface area (Å²) in [7, 11) is 0. The fourth-order valence-electron chi connectivity index (χ4n) is 1.58. The van der Waals surface area contributed by atoms with Crippen molar-refractivity contribution in [1.29, 1.82) is 0 Å². The highest BCUT2D eigenvalue weighted by atomic mass is 19.1. The summed E-state index contributed by atoms with van der Waals surface area (Å²) in [6.07, 6.45) is 3.52. The van der Waals surface area contributed by atoms with Crippen LogP contribution >= 0.6 is 0 Å². The molecule has 3 N–H and O–H groups in total. The standard InChI is InChI=1S/C13H21FN2/c1-10(2)5-3-4-8-16-13-9-11(14)6-7-12(13)15/h6-7,9-10,16H,3-5,8,15H2,1-2H3. The van der Waals surface area contributed by atoms with Crippen LogP contribution in [0.4, 0.5) is 15.8 Å². The van der Waals surface area contributed by atoms with Crippen LogP contribution < -0.4 is 11.1 Å². The summed E-state index contributed by atoms with van der Waals surface area (Å²) in [5.74, 6) is 0.498. The van der Waals surface area contributed by atoms with Gasteiger partial charge in [-0.1, -0.05) is 26.7 Å². The van der Waals surface area contributed by atoms with Gasteiger partial charge in [-0.05, 0) is 30.5 Å². The van der Waals surface area contributed by atoms with Gasteiger partial charge in [0.15, 0.2) is 0 Å². The summed E-state index contributed by atoms with van der Waals surface area (Å²) in [5, 5.41) is 3.16. The maximum absolute atomic E-state index is 12.9. The van der Waals surface area contributed by atoms with Crippen LogP contribution in [0.25, 0.3) is 0 Å². The van der Waals surface area contributed by atoms with Crippen molar-refractivity contribution in [2.24, 2.45) is 5.92 Å². The van der Waals surface area contributed by atoms with E-state index in [-0.39, 0.29) is 5.82 Å². The number of hydrogen-bond acceptors (Lipinski definition) is 2. The third-order valence-electron chi connectivity index (χ3n) is 2.54. The third-order valence-corrected chi connectivity index (χ3v) is 2.54. The molecule has 1 rings (SSSR count). The minimum atomic E-state index is -0.251. The molecule has 3 heteroatoms. The summed E-state index contributed by atoms with van der Waals surface area (Å²) in [6.45, 7) is 5.29. The van der Waals surface area contributed by atoms with E-state index in [0.717, 1.165) is 18.9 Å². The molecule has 0 aromatic heterocycles. The maximum atomic E-state index is 12.9. The van der Waals surface area contributed by atoms with Crippen molar-refractivity contribution in [3.63, 3.8) is 0 Å². The van der Waals surface area contributed by atoms with Crippen molar-refractivity contribution in [3.05, 3.63) is 24.0 Å². The number of rotatable bonds is 6. The first-order chi connectivity index (χ1) is 7.59. The second kappa shape index (κ2) is 6.36. The molecular formula is C13H21FN2. The van der Waals surface area contributed by atoms with E-state index in [9.17, 15) is 4.39 Å². The lowest BCUT2D eigenvalue weighted by atomic mass is 10.1. The largest absolute Gasteiger partial charge is 0.397 e. The Labute approximate surface area is 97.0 Å². The van der Waals surface area contributed by atoms with Gasteiger partial charge >= 0.3 is 0 Å². The lowest BCUT2D eigenvalue weighted by molar-refractivity contribution is 0.545. The molecule has 2 nitrogen and oxygen atoms in total. The average Bonchev–Trinajstić information content (AvgIpc) is 2.22. The molecule has 90 valence electrons. The van der Waals surface area contributed by atoms with E-state index in [0.29, 0.717) is 11.4 Å². The third kappa shape index (κ3) is 4.51. The van der Waals surface area contributed by atoms with Gasteiger partial charge in [0.25, 0.3) is 0 Å². The quantitative estimate of drug-likeness (QED) is 0.572. The number of anilines is 2. The van der Waals surface area contributed by atoms with Gasteiger partial charge in [-0.2, -0.15) is 0 Å². The Morgan fingerprint density at radius 2 is 2.06 bits per heavy atom. The zero-order chi connectivity index (χ0) is 12.0. The van der Waals surface area contributed by atoms with Crippen LogP contribution in [0.2, 0.25) is 0 Å². The van der Waals surface area contributed by atoms with Gasteiger partial charge in [0, 0.05) is 6.54 Å². The monoisotopic (exact) mass is 224 g/mol. The summed E-state index contributed by atoms with van der Waals surface area (Å²) in [5.41, 5.74) is 7.02. The lowest BCUT2D eigenvalue weighted by Gasteiger charge is -2.09. The SMILES string of the molecule is CC(C)CCCCNc1cc(F)ccc1N. The molecule has 0 fully saturated rings. The molecule has 0 radical (unpaired) electrons. The highest BCUT2D eigenvalue weighted by molar-refractivity contribution is 5.65. The van der Waals surface area contributed by atoms with Crippen molar-refractivity contribution < 1.29 is 4.39 Å². The second-order valence-electron chi connectivity index (χ2n) is 4.55. The smallest absolute Gasteiger partial charge is 0.125 e. The lowest BCUT2D eigenvalue weighted by Crippen LogP contribution is -2.05. The molecule has 0 saturated heterocycles. The van der Waals surface area contributed by atoms with Crippen molar-refractivity contribution in [2.75, 3.05) is 17.6 Å². The molecule has 1 aromatic rings. The van der Waals surface area contributed by atoms with Crippen LogP contribution in [0.1, 0.15) is 33.1 Å². The van der Waals surface area contributed by atoms with Crippen LogP contribution in [0.3, 0.4) is 0 Å². The second-order valence-corrected chi connectivity index (χ2v) is 4.55. The molecule has 0 bridgehead atoms. The van der Waals surface area contributed by atoms with Crippen molar-refractivity contribution in [2.45, 2.75) is 33.1 Å². The van der Waals surface area contributed by atoms with Gasteiger partial charge in [-0.25, -0.2) is 4.39 Å². The molecule has 0 amide bonds. The first-order valence-electron chi connectivity index (χ1n) is 5.88. The number of nitrogens with one attached hydrogen (secondary N) is 1. The van der Waals surface area contributed by atoms with Gasteiger partial charge in [0.1, 0.15) is 5.82 Å². The summed E-state index contributed by atoms with van der Waals surface area (Å²) >= 11 is 0. The molecular weight excluding hydrogens is 203 g/mol. The zero-order valence-electron chi connectivity index (χ0n) is 10.1. The molecule has 0 heterocycles. The van der Waals surface area contributed by atoms with E-state index in [1.807, 2.05) is 0 Å². The number of nitrogens with two attached hydrogens (primary N) is 1. The average molecular weight is 224 g/mol. The van der Waals surface area contributed by atoms with E-state index in [2.05, 4.69) is 19.2 Å². The van der Waals surface area contributed by atoms with Crippen LogP contribution in [-0.2, 0) is 0 Å². The number of unbranched alkanes of at least 4 members (excludes halogenated alkanes) is 1. The minimum Gasteiger partial charge on any atom is -0.397 e. The van der Waals surface area contributed by atoms with Gasteiger partial charge in [0.2, 0.25) is 0 Å². The van der Waals surface area contributed by atoms with E-state index in [1.165, 1.54) is 25.0 Å². The first kappa shape index (κ1) is 12.8. The van der Waals surface area contributed by atoms with Crippen LogP contribution in [0, 0.1) is 11.7 Å². The number of nitrogen functional groups attached to an aromatic ring is 1. The van der Waals surface area contributed by atoms with E-state index in [1.54, 1.807) is 6.07 Å².